The van der Waals surface area contributed by atoms with E-state index in [1.807, 2.05) is 25.3 Å². The molecule has 1 aliphatic heterocycles. The molecule has 4 nitrogen and oxygen atoms in total. The Balaban J connectivity index is 2.02. The van der Waals surface area contributed by atoms with Crippen molar-refractivity contribution in [2.45, 2.75) is 19.1 Å². The average molecular weight is 207 g/mol. The zero-order valence-corrected chi connectivity index (χ0v) is 9.16. The third kappa shape index (κ3) is 2.46. The van der Waals surface area contributed by atoms with Crippen molar-refractivity contribution >= 4 is 5.69 Å². The number of nitrogens with one attached hydrogen (secondary N) is 2. The zero-order valence-electron chi connectivity index (χ0n) is 9.16. The van der Waals surface area contributed by atoms with E-state index < -0.39 is 0 Å². The number of anilines is 1. The third-order valence-electron chi connectivity index (χ3n) is 2.71. The predicted octanol–water partition coefficient (Wildman–Crippen LogP) is 0.789. The normalized spacial score (nSPS) is 25.5. The summed E-state index contributed by atoms with van der Waals surface area (Å²) in [5.74, 6) is 0. The van der Waals surface area contributed by atoms with E-state index in [1.165, 1.54) is 0 Å². The van der Waals surface area contributed by atoms with Crippen LogP contribution in [-0.4, -0.2) is 37.3 Å². The lowest BCUT2D eigenvalue weighted by Gasteiger charge is -2.19. The van der Waals surface area contributed by atoms with Gasteiger partial charge in [-0.25, -0.2) is 0 Å². The van der Waals surface area contributed by atoms with Crippen LogP contribution in [0, 0.1) is 6.92 Å². The number of rotatable bonds is 3. The van der Waals surface area contributed by atoms with Crippen LogP contribution in [0.3, 0.4) is 0 Å². The van der Waals surface area contributed by atoms with Gasteiger partial charge in [0.1, 0.15) is 0 Å². The highest BCUT2D eigenvalue weighted by Crippen LogP contribution is 2.13. The second-order valence-electron chi connectivity index (χ2n) is 3.87. The molecule has 1 saturated heterocycles. The van der Waals surface area contributed by atoms with Gasteiger partial charge in [0, 0.05) is 37.8 Å². The molecular weight excluding hydrogens is 190 g/mol. The maximum atomic E-state index is 5.39. The van der Waals surface area contributed by atoms with Crippen molar-refractivity contribution in [2.24, 2.45) is 0 Å². The number of hydrogen-bond acceptors (Lipinski definition) is 4. The lowest BCUT2D eigenvalue weighted by molar-refractivity contribution is 0.111. The van der Waals surface area contributed by atoms with Gasteiger partial charge >= 0.3 is 0 Å². The Kier molecular flexibility index (Phi) is 3.18. The zero-order chi connectivity index (χ0) is 10.7. The lowest BCUT2D eigenvalue weighted by atomic mass is 10.2. The molecule has 0 saturated carbocycles. The van der Waals surface area contributed by atoms with E-state index in [4.69, 9.17) is 4.74 Å². The van der Waals surface area contributed by atoms with Crippen LogP contribution in [0.5, 0.6) is 0 Å². The van der Waals surface area contributed by atoms with E-state index in [9.17, 15) is 0 Å². The van der Waals surface area contributed by atoms with E-state index in [0.29, 0.717) is 6.04 Å². The van der Waals surface area contributed by atoms with Gasteiger partial charge < -0.3 is 15.4 Å². The topological polar surface area (TPSA) is 46.2 Å². The number of hydrogen-bond donors (Lipinski definition) is 2. The molecule has 0 bridgehead atoms. The maximum Gasteiger partial charge on any atom is 0.0908 e. The third-order valence-corrected chi connectivity index (χ3v) is 2.71. The molecule has 1 unspecified atom stereocenters. The minimum absolute atomic E-state index is 0.249. The Labute approximate surface area is 90.0 Å². The lowest BCUT2D eigenvalue weighted by Crippen LogP contribution is -2.33. The predicted molar refractivity (Wildman–Crippen MR) is 60.1 cm³/mol. The summed E-state index contributed by atoms with van der Waals surface area (Å²) in [7, 11) is 1.75. The molecule has 4 heteroatoms. The van der Waals surface area contributed by atoms with Crippen LogP contribution in [0.4, 0.5) is 5.69 Å². The number of pyridine rings is 1. The van der Waals surface area contributed by atoms with Gasteiger partial charge in [-0.1, -0.05) is 0 Å². The molecule has 2 rings (SSSR count). The molecule has 2 heterocycles. The van der Waals surface area contributed by atoms with Gasteiger partial charge in [-0.05, 0) is 19.1 Å². The number of aryl methyl sites for hydroxylation is 1. The second kappa shape index (κ2) is 4.59. The number of aromatic nitrogens is 1. The summed E-state index contributed by atoms with van der Waals surface area (Å²) in [5.41, 5.74) is 2.14. The van der Waals surface area contributed by atoms with E-state index >= 15 is 0 Å². The highest BCUT2D eigenvalue weighted by atomic mass is 16.5. The van der Waals surface area contributed by atoms with Crippen LogP contribution in [0.1, 0.15) is 5.69 Å². The molecule has 2 N–H and O–H groups in total. The standard InChI is InChI=1S/C11H17N3O/c1-8-5-9(3-4-13-8)14-10-6-12-7-11(10)15-2/h3-5,10-12H,6-7H2,1-2H3,(H,13,14)/t10?,11-/m0/s1. The summed E-state index contributed by atoms with van der Waals surface area (Å²) in [4.78, 5) is 4.17. The highest BCUT2D eigenvalue weighted by molar-refractivity contribution is 5.44. The van der Waals surface area contributed by atoms with Gasteiger partial charge in [0.15, 0.2) is 0 Å². The number of nitrogens with zero attached hydrogens (tertiary/aromatic N) is 1. The first-order valence-corrected chi connectivity index (χ1v) is 5.22. The van der Waals surface area contributed by atoms with Crippen molar-refractivity contribution in [1.82, 2.24) is 10.3 Å². The Hall–Kier alpha value is -1.13. The molecule has 15 heavy (non-hydrogen) atoms. The molecular formula is C11H17N3O. The number of methoxy groups -OCH3 is 1. The molecule has 0 amide bonds. The Morgan fingerprint density at radius 2 is 2.40 bits per heavy atom. The monoisotopic (exact) mass is 207 g/mol. The fourth-order valence-electron chi connectivity index (χ4n) is 1.90. The van der Waals surface area contributed by atoms with Crippen LogP contribution >= 0.6 is 0 Å². The first-order valence-electron chi connectivity index (χ1n) is 5.22. The van der Waals surface area contributed by atoms with Crippen LogP contribution < -0.4 is 10.6 Å². The van der Waals surface area contributed by atoms with Crippen LogP contribution in [-0.2, 0) is 4.74 Å². The van der Waals surface area contributed by atoms with Crippen molar-refractivity contribution in [3.8, 4) is 0 Å². The van der Waals surface area contributed by atoms with Gasteiger partial charge in [-0.3, -0.25) is 4.98 Å². The summed E-state index contributed by atoms with van der Waals surface area (Å²) < 4.78 is 5.39. The van der Waals surface area contributed by atoms with Gasteiger partial charge in [0.2, 0.25) is 0 Å². The molecule has 1 aromatic heterocycles. The van der Waals surface area contributed by atoms with Gasteiger partial charge in [-0.2, -0.15) is 0 Å². The summed E-state index contributed by atoms with van der Waals surface area (Å²) in [5, 5.41) is 6.76. The van der Waals surface area contributed by atoms with Crippen LogP contribution in [0.2, 0.25) is 0 Å². The van der Waals surface area contributed by atoms with Crippen molar-refractivity contribution in [1.29, 1.82) is 0 Å². The Bertz CT molecular complexity index is 329. The first kappa shape index (κ1) is 10.4. The fraction of sp³-hybridized carbons (Fsp3) is 0.545. The molecule has 1 aliphatic rings. The van der Waals surface area contributed by atoms with Crippen molar-refractivity contribution in [3.63, 3.8) is 0 Å². The van der Waals surface area contributed by atoms with Gasteiger partial charge in [0.05, 0.1) is 12.1 Å². The smallest absolute Gasteiger partial charge is 0.0908 e. The van der Waals surface area contributed by atoms with E-state index in [-0.39, 0.29) is 6.10 Å². The van der Waals surface area contributed by atoms with Crippen molar-refractivity contribution < 1.29 is 4.74 Å². The van der Waals surface area contributed by atoms with E-state index in [2.05, 4.69) is 15.6 Å². The summed E-state index contributed by atoms with van der Waals surface area (Å²) in [6.45, 7) is 3.85. The minimum atomic E-state index is 0.249. The largest absolute Gasteiger partial charge is 0.378 e. The summed E-state index contributed by atoms with van der Waals surface area (Å²) >= 11 is 0. The van der Waals surface area contributed by atoms with E-state index in [0.717, 1.165) is 24.5 Å². The summed E-state index contributed by atoms with van der Waals surface area (Å²) in [6, 6.07) is 4.38. The quantitative estimate of drug-likeness (QED) is 0.769. The molecule has 1 fully saturated rings. The average Bonchev–Trinajstić information content (AvgIpc) is 2.65. The molecule has 0 spiro atoms. The molecule has 0 aromatic carbocycles. The van der Waals surface area contributed by atoms with E-state index in [1.54, 1.807) is 7.11 Å². The molecule has 82 valence electrons. The first-order chi connectivity index (χ1) is 7.29. The van der Waals surface area contributed by atoms with Gasteiger partial charge in [0.25, 0.3) is 0 Å². The Morgan fingerprint density at radius 1 is 1.53 bits per heavy atom. The second-order valence-corrected chi connectivity index (χ2v) is 3.87. The van der Waals surface area contributed by atoms with Gasteiger partial charge in [-0.15, -0.1) is 0 Å². The SMILES string of the molecule is CO[C@H]1CNCC1Nc1ccnc(C)c1. The Morgan fingerprint density at radius 3 is 3.13 bits per heavy atom. The maximum absolute atomic E-state index is 5.39. The fourth-order valence-corrected chi connectivity index (χ4v) is 1.90. The summed E-state index contributed by atoms with van der Waals surface area (Å²) in [6.07, 6.45) is 2.07. The molecule has 2 atom stereocenters. The van der Waals surface area contributed by atoms with Crippen molar-refractivity contribution in [2.75, 3.05) is 25.5 Å². The van der Waals surface area contributed by atoms with Crippen molar-refractivity contribution in [3.05, 3.63) is 24.0 Å². The molecule has 0 radical (unpaired) electrons. The molecule has 1 aromatic rings. The molecule has 0 aliphatic carbocycles. The van der Waals surface area contributed by atoms with Crippen LogP contribution in [0.25, 0.3) is 0 Å². The van der Waals surface area contributed by atoms with Crippen LogP contribution in [0.15, 0.2) is 18.3 Å². The minimum Gasteiger partial charge on any atom is -0.378 e. The highest BCUT2D eigenvalue weighted by Gasteiger charge is 2.26. The number of ether oxygens (including phenoxy) is 1.